The lowest BCUT2D eigenvalue weighted by atomic mass is 10.0. The normalized spacial score (nSPS) is 18.9. The summed E-state index contributed by atoms with van der Waals surface area (Å²) in [5, 5.41) is 0. The Kier molecular flexibility index (Phi) is 4.04. The summed E-state index contributed by atoms with van der Waals surface area (Å²) in [5.74, 6) is -0.300. The molecule has 0 bridgehead atoms. The third-order valence-corrected chi connectivity index (χ3v) is 2.99. The molecular weight excluding hydrogens is 208 g/mol. The van der Waals surface area contributed by atoms with Gasteiger partial charge >= 0.3 is 0 Å². The van der Waals surface area contributed by atoms with E-state index in [4.69, 9.17) is 0 Å². The molecule has 0 saturated carbocycles. The third kappa shape index (κ3) is 2.81. The summed E-state index contributed by atoms with van der Waals surface area (Å²) in [7, 11) is 1.59. The van der Waals surface area contributed by atoms with E-state index in [2.05, 4.69) is 0 Å². The second kappa shape index (κ2) is 5.09. The molecule has 0 aromatic heterocycles. The number of ketones is 1. The molecule has 1 fully saturated rings. The van der Waals surface area contributed by atoms with Crippen LogP contribution in [0.3, 0.4) is 0 Å². The Morgan fingerprint density at radius 1 is 1.31 bits per heavy atom. The fourth-order valence-electron chi connectivity index (χ4n) is 1.48. The number of Topliss-reactive ketones (excluding diaryl/α,β-unsaturated/α-hetero) is 1. The molecule has 1 aliphatic rings. The van der Waals surface area contributed by atoms with E-state index in [-0.39, 0.29) is 43.1 Å². The molecule has 1 atom stereocenters. The number of piperazine rings is 1. The van der Waals surface area contributed by atoms with E-state index in [1.54, 1.807) is 7.05 Å². The van der Waals surface area contributed by atoms with Crippen LogP contribution in [-0.2, 0) is 14.4 Å². The first kappa shape index (κ1) is 12.7. The zero-order valence-electron chi connectivity index (χ0n) is 10.0. The Bertz CT molecular complexity index is 314. The van der Waals surface area contributed by atoms with Crippen molar-refractivity contribution < 1.29 is 14.4 Å². The molecule has 1 unspecified atom stereocenters. The SMILES string of the molecule is CCC(C)C(=O)CN1CC(=O)N(C)CC1=O. The molecule has 2 amide bonds. The maximum absolute atomic E-state index is 11.7. The van der Waals surface area contributed by atoms with Gasteiger partial charge in [0.25, 0.3) is 0 Å². The lowest BCUT2D eigenvalue weighted by Crippen LogP contribution is -2.53. The van der Waals surface area contributed by atoms with Crippen LogP contribution in [0.5, 0.6) is 0 Å². The summed E-state index contributed by atoms with van der Waals surface area (Å²) >= 11 is 0. The molecule has 90 valence electrons. The van der Waals surface area contributed by atoms with Crippen LogP contribution >= 0.6 is 0 Å². The van der Waals surface area contributed by atoms with E-state index in [0.717, 1.165) is 6.42 Å². The van der Waals surface area contributed by atoms with E-state index >= 15 is 0 Å². The zero-order chi connectivity index (χ0) is 12.3. The highest BCUT2D eigenvalue weighted by molar-refractivity contribution is 5.95. The van der Waals surface area contributed by atoms with E-state index in [1.165, 1.54) is 9.80 Å². The summed E-state index contributed by atoms with van der Waals surface area (Å²) in [4.78, 5) is 37.4. The standard InChI is InChI=1S/C11H18N2O3/c1-4-8(2)9(14)5-13-7-10(15)12(3)6-11(13)16/h8H,4-7H2,1-3H3. The van der Waals surface area contributed by atoms with Gasteiger partial charge in [-0.2, -0.15) is 0 Å². The van der Waals surface area contributed by atoms with Crippen molar-refractivity contribution in [3.8, 4) is 0 Å². The molecule has 1 saturated heterocycles. The van der Waals surface area contributed by atoms with Crippen molar-refractivity contribution in [3.63, 3.8) is 0 Å². The van der Waals surface area contributed by atoms with Crippen molar-refractivity contribution in [1.29, 1.82) is 0 Å². The summed E-state index contributed by atoms with van der Waals surface area (Å²) in [6, 6.07) is 0. The first-order chi connectivity index (χ1) is 7.45. The predicted octanol–water partition coefficient (Wildman–Crippen LogP) is -0.0978. The second-order valence-corrected chi connectivity index (χ2v) is 4.28. The largest absolute Gasteiger partial charge is 0.335 e. The summed E-state index contributed by atoms with van der Waals surface area (Å²) < 4.78 is 0. The number of likely N-dealkylation sites (N-methyl/N-ethyl adjacent to an activating group) is 1. The minimum Gasteiger partial charge on any atom is -0.335 e. The predicted molar refractivity (Wildman–Crippen MR) is 58.7 cm³/mol. The summed E-state index contributed by atoms with van der Waals surface area (Å²) in [5.41, 5.74) is 0. The van der Waals surface area contributed by atoms with Gasteiger partial charge in [-0.05, 0) is 6.42 Å². The van der Waals surface area contributed by atoms with Gasteiger partial charge in [-0.3, -0.25) is 14.4 Å². The number of hydrogen-bond donors (Lipinski definition) is 0. The van der Waals surface area contributed by atoms with E-state index in [9.17, 15) is 14.4 Å². The van der Waals surface area contributed by atoms with E-state index in [0.29, 0.717) is 0 Å². The minimum atomic E-state index is -0.154. The fraction of sp³-hybridized carbons (Fsp3) is 0.727. The number of amides is 2. The average Bonchev–Trinajstić information content (AvgIpc) is 2.24. The number of carbonyl (C=O) groups excluding carboxylic acids is 3. The van der Waals surface area contributed by atoms with Gasteiger partial charge in [0.2, 0.25) is 11.8 Å². The van der Waals surface area contributed by atoms with Crippen molar-refractivity contribution in [2.24, 2.45) is 5.92 Å². The maximum atomic E-state index is 11.7. The smallest absolute Gasteiger partial charge is 0.243 e. The van der Waals surface area contributed by atoms with Gasteiger partial charge in [0.15, 0.2) is 5.78 Å². The minimum absolute atomic E-state index is 0.0215. The molecule has 0 aromatic carbocycles. The van der Waals surface area contributed by atoms with Crippen molar-refractivity contribution in [2.45, 2.75) is 20.3 Å². The average molecular weight is 226 g/mol. The molecule has 0 radical (unpaired) electrons. The molecule has 1 heterocycles. The Labute approximate surface area is 95.4 Å². The van der Waals surface area contributed by atoms with Crippen LogP contribution in [-0.4, -0.2) is 54.1 Å². The summed E-state index contributed by atoms with van der Waals surface area (Å²) in [6.45, 7) is 3.93. The molecule has 0 aliphatic carbocycles. The Morgan fingerprint density at radius 2 is 1.94 bits per heavy atom. The van der Waals surface area contributed by atoms with Gasteiger partial charge in [-0.25, -0.2) is 0 Å². The van der Waals surface area contributed by atoms with Crippen molar-refractivity contribution in [1.82, 2.24) is 9.80 Å². The lowest BCUT2D eigenvalue weighted by molar-refractivity contribution is -0.150. The molecule has 5 nitrogen and oxygen atoms in total. The van der Waals surface area contributed by atoms with Crippen LogP contribution in [0, 0.1) is 5.92 Å². The topological polar surface area (TPSA) is 57.7 Å². The van der Waals surface area contributed by atoms with Gasteiger partial charge in [-0.15, -0.1) is 0 Å². The highest BCUT2D eigenvalue weighted by atomic mass is 16.2. The van der Waals surface area contributed by atoms with Crippen LogP contribution in [0.15, 0.2) is 0 Å². The molecule has 1 rings (SSSR count). The highest BCUT2D eigenvalue weighted by Crippen LogP contribution is 2.07. The Balaban J connectivity index is 2.57. The number of carbonyl (C=O) groups is 3. The third-order valence-electron chi connectivity index (χ3n) is 2.99. The van der Waals surface area contributed by atoms with E-state index < -0.39 is 0 Å². The summed E-state index contributed by atoms with van der Waals surface area (Å²) in [6.07, 6.45) is 0.759. The number of nitrogens with zero attached hydrogens (tertiary/aromatic N) is 2. The molecule has 0 spiro atoms. The monoisotopic (exact) mass is 226 g/mol. The van der Waals surface area contributed by atoms with Crippen molar-refractivity contribution in [3.05, 3.63) is 0 Å². The molecule has 5 heteroatoms. The first-order valence-electron chi connectivity index (χ1n) is 5.50. The molecule has 16 heavy (non-hydrogen) atoms. The van der Waals surface area contributed by atoms with Gasteiger partial charge in [0.1, 0.15) is 6.54 Å². The molecule has 0 aromatic rings. The van der Waals surface area contributed by atoms with Crippen molar-refractivity contribution in [2.75, 3.05) is 26.7 Å². The number of hydrogen-bond acceptors (Lipinski definition) is 3. The lowest BCUT2D eigenvalue weighted by Gasteiger charge is -2.31. The molecule has 1 aliphatic heterocycles. The van der Waals surface area contributed by atoms with Crippen LogP contribution in [0.25, 0.3) is 0 Å². The Hall–Kier alpha value is -1.39. The van der Waals surface area contributed by atoms with Crippen LogP contribution in [0.1, 0.15) is 20.3 Å². The van der Waals surface area contributed by atoms with Gasteiger partial charge in [0, 0.05) is 13.0 Å². The van der Waals surface area contributed by atoms with E-state index in [1.807, 2.05) is 13.8 Å². The fourth-order valence-corrected chi connectivity index (χ4v) is 1.48. The number of rotatable bonds is 4. The molecular formula is C11H18N2O3. The van der Waals surface area contributed by atoms with Crippen LogP contribution < -0.4 is 0 Å². The van der Waals surface area contributed by atoms with Crippen molar-refractivity contribution >= 4 is 17.6 Å². The highest BCUT2D eigenvalue weighted by Gasteiger charge is 2.29. The van der Waals surface area contributed by atoms with Gasteiger partial charge in [-0.1, -0.05) is 13.8 Å². The second-order valence-electron chi connectivity index (χ2n) is 4.28. The zero-order valence-corrected chi connectivity index (χ0v) is 10.0. The Morgan fingerprint density at radius 3 is 2.50 bits per heavy atom. The van der Waals surface area contributed by atoms with Crippen LogP contribution in [0.4, 0.5) is 0 Å². The van der Waals surface area contributed by atoms with Gasteiger partial charge < -0.3 is 9.80 Å². The van der Waals surface area contributed by atoms with Crippen LogP contribution in [0.2, 0.25) is 0 Å². The quantitative estimate of drug-likeness (QED) is 0.672. The maximum Gasteiger partial charge on any atom is 0.243 e. The van der Waals surface area contributed by atoms with Gasteiger partial charge in [0.05, 0.1) is 13.1 Å². The molecule has 0 N–H and O–H groups in total. The first-order valence-corrected chi connectivity index (χ1v) is 5.50.